The van der Waals surface area contributed by atoms with Crippen LogP contribution in [0.3, 0.4) is 0 Å². The number of rotatable bonds is 4. The molecule has 4 heteroatoms. The van der Waals surface area contributed by atoms with Gasteiger partial charge in [0.15, 0.2) is 0 Å². The van der Waals surface area contributed by atoms with E-state index in [1.807, 2.05) is 6.07 Å². The van der Waals surface area contributed by atoms with Crippen LogP contribution in [0.2, 0.25) is 0 Å². The maximum absolute atomic E-state index is 3.93. The molecule has 0 aromatic carbocycles. The second-order valence-corrected chi connectivity index (χ2v) is 4.34. The Labute approximate surface area is 91.1 Å². The first-order valence-electron chi connectivity index (χ1n) is 5.75. The zero-order chi connectivity index (χ0) is 10.5. The number of hydrogen-bond donors (Lipinski definition) is 2. The molecule has 0 saturated carbocycles. The fourth-order valence-electron chi connectivity index (χ4n) is 2.16. The van der Waals surface area contributed by atoms with Crippen molar-refractivity contribution in [3.8, 4) is 0 Å². The molecule has 1 aromatic heterocycles. The van der Waals surface area contributed by atoms with E-state index in [0.29, 0.717) is 6.04 Å². The SMILES string of the molecule is CN1CCCCC1CNCc1ccn[nH]1. The number of aromatic amines is 1. The summed E-state index contributed by atoms with van der Waals surface area (Å²) in [6.07, 6.45) is 5.85. The predicted octanol–water partition coefficient (Wildman–Crippen LogP) is 0.984. The van der Waals surface area contributed by atoms with Crippen LogP contribution in [0.5, 0.6) is 0 Å². The van der Waals surface area contributed by atoms with Gasteiger partial charge in [0, 0.05) is 31.0 Å². The monoisotopic (exact) mass is 208 g/mol. The van der Waals surface area contributed by atoms with Gasteiger partial charge in [-0.25, -0.2) is 0 Å². The average molecular weight is 208 g/mol. The molecule has 4 nitrogen and oxygen atoms in total. The van der Waals surface area contributed by atoms with Crippen molar-refractivity contribution in [1.82, 2.24) is 20.4 Å². The van der Waals surface area contributed by atoms with Crippen LogP contribution < -0.4 is 5.32 Å². The lowest BCUT2D eigenvalue weighted by Gasteiger charge is -2.32. The Bertz CT molecular complexity index is 270. The Hall–Kier alpha value is -0.870. The molecular formula is C11H20N4. The highest BCUT2D eigenvalue weighted by Gasteiger charge is 2.17. The van der Waals surface area contributed by atoms with E-state index < -0.39 is 0 Å². The van der Waals surface area contributed by atoms with Gasteiger partial charge in [0.05, 0.1) is 0 Å². The minimum Gasteiger partial charge on any atom is -0.310 e. The normalized spacial score (nSPS) is 23.1. The number of hydrogen-bond acceptors (Lipinski definition) is 3. The van der Waals surface area contributed by atoms with E-state index >= 15 is 0 Å². The number of likely N-dealkylation sites (tertiary alicyclic amines) is 1. The van der Waals surface area contributed by atoms with E-state index in [0.717, 1.165) is 18.8 Å². The predicted molar refractivity (Wildman–Crippen MR) is 60.6 cm³/mol. The maximum Gasteiger partial charge on any atom is 0.0490 e. The van der Waals surface area contributed by atoms with Crippen molar-refractivity contribution in [3.05, 3.63) is 18.0 Å². The zero-order valence-electron chi connectivity index (χ0n) is 9.37. The van der Waals surface area contributed by atoms with E-state index in [-0.39, 0.29) is 0 Å². The Morgan fingerprint density at radius 2 is 2.53 bits per heavy atom. The lowest BCUT2D eigenvalue weighted by molar-refractivity contribution is 0.181. The summed E-state index contributed by atoms with van der Waals surface area (Å²) in [5.41, 5.74) is 1.16. The van der Waals surface area contributed by atoms with E-state index in [1.165, 1.54) is 25.8 Å². The van der Waals surface area contributed by atoms with Crippen molar-refractivity contribution in [2.75, 3.05) is 20.1 Å². The summed E-state index contributed by atoms with van der Waals surface area (Å²) in [7, 11) is 2.22. The third-order valence-electron chi connectivity index (χ3n) is 3.18. The van der Waals surface area contributed by atoms with Gasteiger partial charge >= 0.3 is 0 Å². The lowest BCUT2D eigenvalue weighted by Crippen LogP contribution is -2.42. The molecule has 1 fully saturated rings. The summed E-state index contributed by atoms with van der Waals surface area (Å²) in [5, 5.41) is 10.4. The molecule has 1 aliphatic heterocycles. The molecule has 1 atom stereocenters. The molecular weight excluding hydrogens is 188 g/mol. The Morgan fingerprint density at radius 1 is 1.60 bits per heavy atom. The number of H-pyrrole nitrogens is 1. The number of likely N-dealkylation sites (N-methyl/N-ethyl adjacent to an activating group) is 1. The van der Waals surface area contributed by atoms with Crippen LogP contribution in [0, 0.1) is 0 Å². The second-order valence-electron chi connectivity index (χ2n) is 4.34. The molecule has 84 valence electrons. The Balaban J connectivity index is 1.68. The van der Waals surface area contributed by atoms with Gasteiger partial charge in [-0.1, -0.05) is 6.42 Å². The van der Waals surface area contributed by atoms with E-state index in [1.54, 1.807) is 6.20 Å². The third-order valence-corrected chi connectivity index (χ3v) is 3.18. The smallest absolute Gasteiger partial charge is 0.0490 e. The number of nitrogens with one attached hydrogen (secondary N) is 2. The van der Waals surface area contributed by atoms with Crippen LogP contribution in [0.25, 0.3) is 0 Å². The van der Waals surface area contributed by atoms with Gasteiger partial charge in [0.25, 0.3) is 0 Å². The van der Waals surface area contributed by atoms with Crippen molar-refractivity contribution < 1.29 is 0 Å². The topological polar surface area (TPSA) is 44.0 Å². The molecule has 1 aliphatic rings. The highest BCUT2D eigenvalue weighted by molar-refractivity contribution is 4.96. The molecule has 1 aromatic rings. The molecule has 2 N–H and O–H groups in total. The summed E-state index contributed by atoms with van der Waals surface area (Å²) < 4.78 is 0. The third kappa shape index (κ3) is 3.04. The maximum atomic E-state index is 3.93. The molecule has 0 bridgehead atoms. The lowest BCUT2D eigenvalue weighted by atomic mass is 10.0. The van der Waals surface area contributed by atoms with E-state index in [2.05, 4.69) is 27.5 Å². The van der Waals surface area contributed by atoms with Crippen molar-refractivity contribution in [3.63, 3.8) is 0 Å². The minimum absolute atomic E-state index is 0.710. The first-order chi connectivity index (χ1) is 7.36. The molecule has 1 saturated heterocycles. The first kappa shape index (κ1) is 10.6. The van der Waals surface area contributed by atoms with Crippen molar-refractivity contribution in [2.24, 2.45) is 0 Å². The largest absolute Gasteiger partial charge is 0.310 e. The van der Waals surface area contributed by atoms with Crippen LogP contribution in [0.4, 0.5) is 0 Å². The molecule has 0 aliphatic carbocycles. The van der Waals surface area contributed by atoms with Gasteiger partial charge in [-0.2, -0.15) is 5.10 Å². The van der Waals surface area contributed by atoms with Crippen LogP contribution in [0.15, 0.2) is 12.3 Å². The molecule has 1 unspecified atom stereocenters. The fraction of sp³-hybridized carbons (Fsp3) is 0.727. The summed E-state index contributed by atoms with van der Waals surface area (Å²) >= 11 is 0. The fourth-order valence-corrected chi connectivity index (χ4v) is 2.16. The summed E-state index contributed by atoms with van der Waals surface area (Å²) in [6, 6.07) is 2.72. The molecule has 0 radical (unpaired) electrons. The van der Waals surface area contributed by atoms with Gasteiger partial charge in [0.2, 0.25) is 0 Å². The van der Waals surface area contributed by atoms with Crippen molar-refractivity contribution in [2.45, 2.75) is 31.8 Å². The van der Waals surface area contributed by atoms with E-state index in [4.69, 9.17) is 0 Å². The van der Waals surface area contributed by atoms with Gasteiger partial charge in [-0.3, -0.25) is 5.10 Å². The van der Waals surface area contributed by atoms with Crippen LogP contribution >= 0.6 is 0 Å². The summed E-state index contributed by atoms with van der Waals surface area (Å²) in [6.45, 7) is 3.22. The Morgan fingerprint density at radius 3 is 3.27 bits per heavy atom. The zero-order valence-corrected chi connectivity index (χ0v) is 9.37. The van der Waals surface area contributed by atoms with Gasteiger partial charge in [0.1, 0.15) is 0 Å². The first-order valence-corrected chi connectivity index (χ1v) is 5.75. The molecule has 0 spiro atoms. The number of aromatic nitrogens is 2. The summed E-state index contributed by atoms with van der Waals surface area (Å²) in [4.78, 5) is 2.46. The molecule has 0 amide bonds. The van der Waals surface area contributed by atoms with Gasteiger partial charge in [-0.15, -0.1) is 0 Å². The standard InChI is InChI=1S/C11H20N4/c1-15-7-3-2-4-11(15)9-12-8-10-5-6-13-14-10/h5-6,11-12H,2-4,7-9H2,1H3,(H,13,14). The molecule has 2 heterocycles. The number of nitrogens with zero attached hydrogens (tertiary/aromatic N) is 2. The highest BCUT2D eigenvalue weighted by Crippen LogP contribution is 2.13. The van der Waals surface area contributed by atoms with Crippen molar-refractivity contribution >= 4 is 0 Å². The highest BCUT2D eigenvalue weighted by atomic mass is 15.2. The minimum atomic E-state index is 0.710. The molecule has 15 heavy (non-hydrogen) atoms. The summed E-state index contributed by atoms with van der Waals surface area (Å²) in [5.74, 6) is 0. The average Bonchev–Trinajstić information content (AvgIpc) is 2.74. The Kier molecular flexibility index (Phi) is 3.75. The van der Waals surface area contributed by atoms with Gasteiger partial charge < -0.3 is 10.2 Å². The van der Waals surface area contributed by atoms with Crippen LogP contribution in [-0.4, -0.2) is 41.3 Å². The van der Waals surface area contributed by atoms with Crippen LogP contribution in [0.1, 0.15) is 25.0 Å². The van der Waals surface area contributed by atoms with Crippen molar-refractivity contribution in [1.29, 1.82) is 0 Å². The van der Waals surface area contributed by atoms with E-state index in [9.17, 15) is 0 Å². The van der Waals surface area contributed by atoms with Gasteiger partial charge in [-0.05, 0) is 32.5 Å². The quantitative estimate of drug-likeness (QED) is 0.775. The number of piperidine rings is 1. The van der Waals surface area contributed by atoms with Crippen LogP contribution in [-0.2, 0) is 6.54 Å². The second kappa shape index (κ2) is 5.28. The molecule has 2 rings (SSSR count).